The van der Waals surface area contributed by atoms with Crippen LogP contribution in [0.5, 0.6) is 0 Å². The van der Waals surface area contributed by atoms with Crippen molar-refractivity contribution in [3.05, 3.63) is 249 Å². The van der Waals surface area contributed by atoms with Gasteiger partial charge < -0.3 is 14.0 Å². The molecule has 0 saturated carbocycles. The van der Waals surface area contributed by atoms with E-state index in [4.69, 9.17) is 9.40 Å². The molecular formula is C60H39IrN3O-2. The molecule has 3 heterocycles. The third-order valence-electron chi connectivity index (χ3n) is 11.6. The van der Waals surface area contributed by atoms with E-state index in [0.717, 1.165) is 94.7 Å². The van der Waals surface area contributed by atoms with Gasteiger partial charge in [0.15, 0.2) is 0 Å². The van der Waals surface area contributed by atoms with Crippen LogP contribution in [0.4, 0.5) is 0 Å². The maximum Gasteiger partial charge on any atom is 0.120 e. The van der Waals surface area contributed by atoms with Crippen molar-refractivity contribution in [1.82, 2.24) is 14.5 Å². The molecule has 4 nitrogen and oxygen atoms in total. The van der Waals surface area contributed by atoms with Crippen molar-refractivity contribution in [3.8, 4) is 72.8 Å². The fourth-order valence-corrected chi connectivity index (χ4v) is 8.55. The molecule has 0 N–H and O–H groups in total. The Labute approximate surface area is 391 Å². The van der Waals surface area contributed by atoms with Crippen LogP contribution in [0.15, 0.2) is 241 Å². The minimum absolute atomic E-state index is 0. The number of nitrogens with zero attached hydrogens (tertiary/aromatic N) is 3. The summed E-state index contributed by atoms with van der Waals surface area (Å²) in [6.07, 6.45) is 1.79. The summed E-state index contributed by atoms with van der Waals surface area (Å²) in [5.74, 6) is 0.778. The van der Waals surface area contributed by atoms with Crippen LogP contribution >= 0.6 is 0 Å². The first-order chi connectivity index (χ1) is 31.8. The quantitative estimate of drug-likeness (QED) is 0.149. The van der Waals surface area contributed by atoms with Gasteiger partial charge in [0.2, 0.25) is 0 Å². The molecule has 0 unspecified atom stereocenters. The molecule has 0 amide bonds. The molecule has 0 aliphatic carbocycles. The predicted molar refractivity (Wildman–Crippen MR) is 263 cm³/mol. The van der Waals surface area contributed by atoms with E-state index in [2.05, 4.69) is 185 Å². The molecule has 5 heteroatoms. The number of imidazole rings is 1. The molecule has 0 aliphatic heterocycles. The third kappa shape index (κ3) is 8.11. The number of para-hydroxylation sites is 3. The number of hydrogen-bond acceptors (Lipinski definition) is 3. The van der Waals surface area contributed by atoms with Crippen molar-refractivity contribution in [2.24, 2.45) is 0 Å². The fourth-order valence-electron chi connectivity index (χ4n) is 8.55. The first-order valence-corrected chi connectivity index (χ1v) is 21.4. The topological polar surface area (TPSA) is 43.9 Å². The van der Waals surface area contributed by atoms with Crippen LogP contribution in [0.2, 0.25) is 0 Å². The van der Waals surface area contributed by atoms with Crippen molar-refractivity contribution in [2.45, 2.75) is 0 Å². The van der Waals surface area contributed by atoms with Crippen LogP contribution in [-0.4, -0.2) is 14.5 Å². The normalized spacial score (nSPS) is 11.0. The molecular weight excluding hydrogens is 971 g/mol. The second-order valence-corrected chi connectivity index (χ2v) is 15.5. The van der Waals surface area contributed by atoms with Crippen LogP contribution in [0, 0.1) is 12.1 Å². The molecule has 9 aromatic carbocycles. The second kappa shape index (κ2) is 18.4. The van der Waals surface area contributed by atoms with Gasteiger partial charge in [-0.05, 0) is 75.5 Å². The Balaban J connectivity index is 0.000000332. The van der Waals surface area contributed by atoms with Crippen molar-refractivity contribution in [1.29, 1.82) is 0 Å². The summed E-state index contributed by atoms with van der Waals surface area (Å²) >= 11 is 0. The van der Waals surface area contributed by atoms with E-state index in [1.807, 2.05) is 66.7 Å². The average Bonchev–Trinajstić information content (AvgIpc) is 3.96. The van der Waals surface area contributed by atoms with Gasteiger partial charge in [-0.3, -0.25) is 4.98 Å². The molecule has 0 aliphatic rings. The molecule has 0 spiro atoms. The van der Waals surface area contributed by atoms with E-state index in [9.17, 15) is 0 Å². The van der Waals surface area contributed by atoms with Crippen LogP contribution in [0.25, 0.3) is 106 Å². The minimum atomic E-state index is 0. The summed E-state index contributed by atoms with van der Waals surface area (Å²) < 4.78 is 8.91. The van der Waals surface area contributed by atoms with Gasteiger partial charge in [0.25, 0.3) is 0 Å². The predicted octanol–water partition coefficient (Wildman–Crippen LogP) is 15.6. The van der Waals surface area contributed by atoms with Gasteiger partial charge in [-0.25, -0.2) is 0 Å². The maximum absolute atomic E-state index is 6.59. The standard InChI is InChI=1S/C49H31N2O.C11H8N.Ir/c1-4-15-33(16-5-1)34-27-29-35(30-28-34)38-31-42(36-17-6-2-7-18-36)47(43(32-38)37-19-8-3-9-20-37)51-45-25-12-11-24-44(45)50-49(51)41-23-14-22-40-39-21-10-13-26-46(39)52-48(40)41;1-2-6-10(7-3-1)11-8-4-5-9-12-11;/h1-22,24-32H;1-6,8-9H;/q2*-1;. The Morgan fingerprint density at radius 1 is 0.446 bits per heavy atom. The zero-order valence-corrected chi connectivity index (χ0v) is 37.5. The van der Waals surface area contributed by atoms with Crippen LogP contribution in [-0.2, 0) is 20.1 Å². The number of aromatic nitrogens is 3. The SMILES string of the molecule is [Ir].[c-]1ccc2c(oc3ccccc32)c1-c1nc2ccccc2n1-c1c(-c2ccccc2)cc(-c2ccc(-c3ccccc3)cc2)cc1-c1ccccc1.[c-]1ccccc1-c1ccccn1. The maximum atomic E-state index is 6.59. The zero-order chi connectivity index (χ0) is 42.7. The summed E-state index contributed by atoms with van der Waals surface area (Å²) in [5.41, 5.74) is 16.5. The summed E-state index contributed by atoms with van der Waals surface area (Å²) in [7, 11) is 0. The molecule has 0 bridgehead atoms. The summed E-state index contributed by atoms with van der Waals surface area (Å²) in [6, 6.07) is 86.5. The Morgan fingerprint density at radius 3 is 1.69 bits per heavy atom. The smallest absolute Gasteiger partial charge is 0.120 e. The number of rotatable bonds is 7. The van der Waals surface area contributed by atoms with Crippen molar-refractivity contribution in [2.75, 3.05) is 0 Å². The van der Waals surface area contributed by atoms with Crippen molar-refractivity contribution >= 4 is 33.0 Å². The van der Waals surface area contributed by atoms with E-state index in [-0.39, 0.29) is 20.1 Å². The number of furan rings is 1. The number of fused-ring (bicyclic) bond motifs is 4. The summed E-state index contributed by atoms with van der Waals surface area (Å²) in [5, 5.41) is 2.12. The number of pyridine rings is 1. The van der Waals surface area contributed by atoms with Crippen molar-refractivity contribution < 1.29 is 24.5 Å². The van der Waals surface area contributed by atoms with E-state index in [0.29, 0.717) is 0 Å². The Bertz CT molecular complexity index is 3420. The van der Waals surface area contributed by atoms with Crippen LogP contribution < -0.4 is 0 Å². The Kier molecular flexibility index (Phi) is 11.6. The number of benzene rings is 9. The monoisotopic (exact) mass is 1010 g/mol. The van der Waals surface area contributed by atoms with Gasteiger partial charge in [0.1, 0.15) is 5.58 Å². The molecule has 311 valence electrons. The van der Waals surface area contributed by atoms with Gasteiger partial charge in [0.05, 0.1) is 28.1 Å². The average molecular weight is 1010 g/mol. The van der Waals surface area contributed by atoms with Crippen molar-refractivity contribution in [3.63, 3.8) is 0 Å². The van der Waals surface area contributed by atoms with Crippen LogP contribution in [0.3, 0.4) is 0 Å². The van der Waals surface area contributed by atoms with Gasteiger partial charge in [-0.2, -0.15) is 0 Å². The molecule has 0 saturated heterocycles. The van der Waals surface area contributed by atoms with Gasteiger partial charge >= 0.3 is 0 Å². The Morgan fingerprint density at radius 2 is 1.03 bits per heavy atom. The molecule has 12 rings (SSSR count). The molecule has 1 radical (unpaired) electrons. The van der Waals surface area contributed by atoms with E-state index >= 15 is 0 Å². The minimum Gasteiger partial charge on any atom is -0.501 e. The Hall–Kier alpha value is -7.95. The second-order valence-electron chi connectivity index (χ2n) is 15.5. The first-order valence-electron chi connectivity index (χ1n) is 21.4. The molecule has 0 atom stereocenters. The van der Waals surface area contributed by atoms with Gasteiger partial charge in [-0.15, -0.1) is 54.1 Å². The van der Waals surface area contributed by atoms with Gasteiger partial charge in [-0.1, -0.05) is 169 Å². The van der Waals surface area contributed by atoms with E-state index in [1.54, 1.807) is 6.20 Å². The molecule has 3 aromatic heterocycles. The molecule has 65 heavy (non-hydrogen) atoms. The van der Waals surface area contributed by atoms with E-state index in [1.165, 1.54) is 11.1 Å². The fraction of sp³-hybridized carbons (Fsp3) is 0. The molecule has 12 aromatic rings. The molecule has 0 fully saturated rings. The van der Waals surface area contributed by atoms with Gasteiger partial charge in [0, 0.05) is 42.8 Å². The number of hydrogen-bond donors (Lipinski definition) is 0. The van der Waals surface area contributed by atoms with E-state index < -0.39 is 0 Å². The summed E-state index contributed by atoms with van der Waals surface area (Å²) in [4.78, 5) is 9.56. The third-order valence-corrected chi connectivity index (χ3v) is 11.6. The zero-order valence-electron chi connectivity index (χ0n) is 35.1. The summed E-state index contributed by atoms with van der Waals surface area (Å²) in [6.45, 7) is 0. The first kappa shape index (κ1) is 41.1. The van der Waals surface area contributed by atoms with Crippen LogP contribution in [0.1, 0.15) is 0 Å². The largest absolute Gasteiger partial charge is 0.501 e.